The largest absolute Gasteiger partial charge is 0.409 e. The lowest BCUT2D eigenvalue weighted by Crippen LogP contribution is -2.48. The molecule has 0 amide bonds. The van der Waals surface area contributed by atoms with E-state index in [1.165, 1.54) is 4.31 Å². The maximum Gasteiger partial charge on any atom is 0.279 e. The van der Waals surface area contributed by atoms with Gasteiger partial charge in [0.15, 0.2) is 0 Å². The minimum absolute atomic E-state index is 0.00356. The third kappa shape index (κ3) is 3.82. The van der Waals surface area contributed by atoms with Crippen LogP contribution in [-0.2, 0) is 10.2 Å². The zero-order valence-electron chi connectivity index (χ0n) is 10.9. The summed E-state index contributed by atoms with van der Waals surface area (Å²) in [6.45, 7) is 4.63. The molecule has 0 aromatic rings. The first kappa shape index (κ1) is 15.2. The van der Waals surface area contributed by atoms with Gasteiger partial charge in [-0.3, -0.25) is 0 Å². The van der Waals surface area contributed by atoms with Crippen molar-refractivity contribution in [3.05, 3.63) is 0 Å². The molecule has 1 aliphatic rings. The van der Waals surface area contributed by atoms with Gasteiger partial charge in [0.05, 0.1) is 0 Å². The molecule has 106 valence electrons. The zero-order chi connectivity index (χ0) is 13.8. The van der Waals surface area contributed by atoms with E-state index in [4.69, 9.17) is 10.9 Å². The van der Waals surface area contributed by atoms with Gasteiger partial charge in [-0.2, -0.15) is 12.7 Å². The summed E-state index contributed by atoms with van der Waals surface area (Å²) in [6.07, 6.45) is 2.86. The Kier molecular flexibility index (Phi) is 4.94. The first-order valence-corrected chi connectivity index (χ1v) is 7.46. The van der Waals surface area contributed by atoms with Gasteiger partial charge in [0.2, 0.25) is 0 Å². The molecule has 18 heavy (non-hydrogen) atoms. The van der Waals surface area contributed by atoms with Gasteiger partial charge < -0.3 is 10.9 Å². The van der Waals surface area contributed by atoms with Crippen molar-refractivity contribution in [1.29, 1.82) is 0 Å². The van der Waals surface area contributed by atoms with Crippen LogP contribution in [0.4, 0.5) is 0 Å². The summed E-state index contributed by atoms with van der Waals surface area (Å²) in [4.78, 5) is 0. The summed E-state index contributed by atoms with van der Waals surface area (Å²) < 4.78 is 28.0. The van der Waals surface area contributed by atoms with Gasteiger partial charge >= 0.3 is 0 Å². The summed E-state index contributed by atoms with van der Waals surface area (Å²) in [5.74, 6) is 0.00356. The van der Waals surface area contributed by atoms with Crippen molar-refractivity contribution in [3.8, 4) is 0 Å². The van der Waals surface area contributed by atoms with E-state index in [1.807, 2.05) is 0 Å². The predicted molar refractivity (Wildman–Crippen MR) is 69.5 cm³/mol. The van der Waals surface area contributed by atoms with E-state index in [2.05, 4.69) is 9.88 Å². The fourth-order valence-electron chi connectivity index (χ4n) is 1.69. The summed E-state index contributed by atoms with van der Waals surface area (Å²) in [5.41, 5.74) is 4.79. The van der Waals surface area contributed by atoms with Crippen LogP contribution in [0.5, 0.6) is 0 Å². The van der Waals surface area contributed by atoms with Crippen LogP contribution in [0.3, 0.4) is 0 Å². The lowest BCUT2D eigenvalue weighted by atomic mass is 9.93. The fraction of sp³-hybridized carbons (Fsp3) is 0.900. The smallest absolute Gasteiger partial charge is 0.279 e. The highest BCUT2D eigenvalue weighted by Gasteiger charge is 2.29. The second-order valence-corrected chi connectivity index (χ2v) is 6.91. The standard InChI is InChI=1S/C10H22N4O3S/c1-10(2,9(11)13-15)8-12-18(16,17)14-6-4-3-5-7-14/h12,15H,3-8H2,1-2H3,(H2,11,13). The highest BCUT2D eigenvalue weighted by atomic mass is 32.2. The minimum Gasteiger partial charge on any atom is -0.409 e. The lowest BCUT2D eigenvalue weighted by Gasteiger charge is -2.29. The van der Waals surface area contributed by atoms with E-state index in [0.717, 1.165) is 19.3 Å². The van der Waals surface area contributed by atoms with Crippen molar-refractivity contribution in [1.82, 2.24) is 9.03 Å². The van der Waals surface area contributed by atoms with E-state index in [1.54, 1.807) is 13.8 Å². The number of nitrogens with one attached hydrogen (secondary N) is 1. The molecule has 4 N–H and O–H groups in total. The van der Waals surface area contributed by atoms with Crippen LogP contribution in [0.25, 0.3) is 0 Å². The predicted octanol–water partition coefficient (Wildman–Crippen LogP) is 0.0793. The number of nitrogens with two attached hydrogens (primary N) is 1. The molecule has 0 bridgehead atoms. The topological polar surface area (TPSA) is 108 Å². The average molecular weight is 278 g/mol. The maximum absolute atomic E-state index is 12.0. The first-order chi connectivity index (χ1) is 8.29. The Bertz CT molecular complexity index is 399. The van der Waals surface area contributed by atoms with E-state index >= 15 is 0 Å². The van der Waals surface area contributed by atoms with Crippen molar-refractivity contribution in [2.24, 2.45) is 16.3 Å². The second kappa shape index (κ2) is 5.85. The molecule has 0 atom stereocenters. The Hall–Kier alpha value is -0.860. The summed E-state index contributed by atoms with van der Waals surface area (Å²) in [7, 11) is -3.47. The lowest BCUT2D eigenvalue weighted by molar-refractivity contribution is 0.306. The van der Waals surface area contributed by atoms with Crippen LogP contribution in [-0.4, -0.2) is 43.4 Å². The molecule has 1 heterocycles. The Morgan fingerprint density at radius 1 is 1.39 bits per heavy atom. The van der Waals surface area contributed by atoms with E-state index < -0.39 is 15.6 Å². The maximum atomic E-state index is 12.0. The van der Waals surface area contributed by atoms with E-state index in [-0.39, 0.29) is 12.4 Å². The third-order valence-corrected chi connectivity index (χ3v) is 4.71. The SMILES string of the molecule is CC(C)(CNS(=O)(=O)N1CCCCC1)C(N)=NO. The van der Waals surface area contributed by atoms with Crippen molar-refractivity contribution < 1.29 is 13.6 Å². The van der Waals surface area contributed by atoms with Crippen LogP contribution >= 0.6 is 0 Å². The molecular formula is C10H22N4O3S. The number of amidine groups is 1. The molecule has 7 nitrogen and oxygen atoms in total. The van der Waals surface area contributed by atoms with Crippen molar-refractivity contribution in [2.45, 2.75) is 33.1 Å². The fourth-order valence-corrected chi connectivity index (χ4v) is 3.16. The monoisotopic (exact) mass is 278 g/mol. The molecule has 0 saturated carbocycles. The molecule has 0 unspecified atom stereocenters. The zero-order valence-corrected chi connectivity index (χ0v) is 11.7. The number of rotatable bonds is 5. The Labute approximate surface area is 108 Å². The second-order valence-electron chi connectivity index (χ2n) is 5.15. The molecule has 1 fully saturated rings. The summed E-state index contributed by atoms with van der Waals surface area (Å²) >= 11 is 0. The van der Waals surface area contributed by atoms with Crippen LogP contribution < -0.4 is 10.5 Å². The molecule has 1 aliphatic heterocycles. The molecule has 0 aromatic carbocycles. The minimum atomic E-state index is -3.47. The van der Waals surface area contributed by atoms with Crippen molar-refractivity contribution in [2.75, 3.05) is 19.6 Å². The number of piperidine rings is 1. The highest BCUT2D eigenvalue weighted by molar-refractivity contribution is 7.87. The molecular weight excluding hydrogens is 256 g/mol. The van der Waals surface area contributed by atoms with Gasteiger partial charge in [-0.05, 0) is 12.8 Å². The molecule has 1 saturated heterocycles. The Balaban J connectivity index is 2.61. The molecule has 0 radical (unpaired) electrons. The normalized spacial score (nSPS) is 20.0. The number of hydrogen-bond donors (Lipinski definition) is 3. The first-order valence-electron chi connectivity index (χ1n) is 6.02. The summed E-state index contributed by atoms with van der Waals surface area (Å²) in [5, 5.41) is 11.5. The van der Waals surface area contributed by atoms with Crippen LogP contribution in [0.2, 0.25) is 0 Å². The van der Waals surface area contributed by atoms with Gasteiger partial charge in [0, 0.05) is 25.0 Å². The van der Waals surface area contributed by atoms with Crippen LogP contribution in [0, 0.1) is 5.41 Å². The van der Waals surface area contributed by atoms with Gasteiger partial charge in [-0.25, -0.2) is 4.72 Å². The van der Waals surface area contributed by atoms with E-state index in [9.17, 15) is 8.42 Å². The van der Waals surface area contributed by atoms with E-state index in [0.29, 0.717) is 13.1 Å². The number of nitrogens with zero attached hydrogens (tertiary/aromatic N) is 2. The molecule has 0 aromatic heterocycles. The molecule has 1 rings (SSSR count). The van der Waals surface area contributed by atoms with Crippen LogP contribution in [0.1, 0.15) is 33.1 Å². The van der Waals surface area contributed by atoms with Gasteiger partial charge in [-0.15, -0.1) is 0 Å². The quantitative estimate of drug-likeness (QED) is 0.286. The molecule has 0 spiro atoms. The third-order valence-electron chi connectivity index (χ3n) is 3.15. The van der Waals surface area contributed by atoms with Gasteiger partial charge in [-0.1, -0.05) is 25.4 Å². The Morgan fingerprint density at radius 3 is 2.44 bits per heavy atom. The van der Waals surface area contributed by atoms with Crippen molar-refractivity contribution in [3.63, 3.8) is 0 Å². The highest BCUT2D eigenvalue weighted by Crippen LogP contribution is 2.16. The average Bonchev–Trinajstić information content (AvgIpc) is 2.36. The van der Waals surface area contributed by atoms with Gasteiger partial charge in [0.1, 0.15) is 5.84 Å². The number of oxime groups is 1. The molecule has 0 aliphatic carbocycles. The molecule has 8 heteroatoms. The van der Waals surface area contributed by atoms with Crippen LogP contribution in [0.15, 0.2) is 5.16 Å². The number of hydrogen-bond acceptors (Lipinski definition) is 4. The Morgan fingerprint density at radius 2 is 1.94 bits per heavy atom. The van der Waals surface area contributed by atoms with Gasteiger partial charge in [0.25, 0.3) is 10.2 Å². The summed E-state index contributed by atoms with van der Waals surface area (Å²) in [6, 6.07) is 0. The van der Waals surface area contributed by atoms with Crippen molar-refractivity contribution >= 4 is 16.0 Å².